The Morgan fingerprint density at radius 3 is 1.92 bits per heavy atom. The number of phenols is 1. The molecule has 36 heavy (non-hydrogen) atoms. The first-order chi connectivity index (χ1) is 16.1. The third-order valence-electron chi connectivity index (χ3n) is 4.16. The zero-order valence-corrected chi connectivity index (χ0v) is 21.7. The number of hydrogen-bond acceptors (Lipinski definition) is 4. The minimum absolute atomic E-state index is 0.0444. The summed E-state index contributed by atoms with van der Waals surface area (Å²) in [6.45, 7) is 6.53. The molecule has 16 heteroatoms. The van der Waals surface area contributed by atoms with Crippen LogP contribution in [-0.4, -0.2) is 35.5 Å². The van der Waals surface area contributed by atoms with E-state index in [1.54, 1.807) is 0 Å². The summed E-state index contributed by atoms with van der Waals surface area (Å²) < 4.78 is 91.2. The van der Waals surface area contributed by atoms with Crippen LogP contribution in [0.15, 0.2) is 36.4 Å². The van der Waals surface area contributed by atoms with Crippen LogP contribution in [0.4, 0.5) is 32.0 Å². The van der Waals surface area contributed by atoms with E-state index in [9.17, 15) is 40.8 Å². The fourth-order valence-electron chi connectivity index (χ4n) is 2.39. The van der Waals surface area contributed by atoms with Crippen LogP contribution in [-0.2, 0) is 21.4 Å². The molecule has 0 radical (unpaired) electrons. The van der Waals surface area contributed by atoms with Gasteiger partial charge in [0.1, 0.15) is 5.75 Å². The van der Waals surface area contributed by atoms with Gasteiger partial charge in [-0.15, -0.1) is 0 Å². The van der Waals surface area contributed by atoms with Gasteiger partial charge in [-0.1, -0.05) is 31.2 Å². The standard InChI is InChI=1S/C15H8ClF6NO2.C5H15O4PSi/c16-9-1-2-12(24)11(6-9)13(25)23-10-4-7(14(17,18)19)3-8(5-10)15(20,21)22;1-11(2,3)5-4-9-10(6,7)8/h1-6,24H,(H,23,25);4-5H2,1-3H3,(H2,6,7,8). The maximum Gasteiger partial charge on any atom is 0.469 e. The number of phenolic OH excluding ortho intramolecular Hbond substituents is 1. The molecule has 0 aliphatic carbocycles. The quantitative estimate of drug-likeness (QED) is 0.170. The second-order valence-electron chi connectivity index (χ2n) is 8.54. The Balaban J connectivity index is 0.000000497. The summed E-state index contributed by atoms with van der Waals surface area (Å²) in [5.74, 6) is -1.66. The molecule has 2 rings (SSSR count). The zero-order chi connectivity index (χ0) is 28.1. The summed E-state index contributed by atoms with van der Waals surface area (Å²) in [5.41, 5.74) is -4.29. The van der Waals surface area contributed by atoms with Gasteiger partial charge in [-0.05, 0) is 42.4 Å². The molecule has 0 fully saturated rings. The van der Waals surface area contributed by atoms with Crippen molar-refractivity contribution >= 4 is 39.1 Å². The molecular weight excluding hydrogens is 559 g/mol. The van der Waals surface area contributed by atoms with Crippen LogP contribution >= 0.6 is 19.4 Å². The van der Waals surface area contributed by atoms with Crippen LogP contribution < -0.4 is 5.32 Å². The van der Waals surface area contributed by atoms with Crippen LogP contribution in [0.5, 0.6) is 5.75 Å². The van der Waals surface area contributed by atoms with Gasteiger partial charge in [0.05, 0.1) is 23.3 Å². The zero-order valence-electron chi connectivity index (χ0n) is 19.0. The Labute approximate surface area is 208 Å². The van der Waals surface area contributed by atoms with Crippen LogP contribution in [0.2, 0.25) is 30.7 Å². The Kier molecular flexibility index (Phi) is 10.6. The smallest absolute Gasteiger partial charge is 0.469 e. The van der Waals surface area contributed by atoms with E-state index in [0.717, 1.165) is 18.2 Å². The number of anilines is 1. The van der Waals surface area contributed by atoms with Crippen molar-refractivity contribution in [2.75, 3.05) is 11.9 Å². The summed E-state index contributed by atoms with van der Waals surface area (Å²) in [6.07, 6.45) is -10.1. The summed E-state index contributed by atoms with van der Waals surface area (Å²) >= 11 is 5.65. The number of carbonyl (C=O) groups excluding carboxylic acids is 1. The lowest BCUT2D eigenvalue weighted by Gasteiger charge is -2.15. The third-order valence-corrected chi connectivity index (χ3v) is 6.62. The lowest BCUT2D eigenvalue weighted by Crippen LogP contribution is -2.21. The predicted molar refractivity (Wildman–Crippen MR) is 124 cm³/mol. The average molecular weight is 582 g/mol. The van der Waals surface area contributed by atoms with E-state index in [-0.39, 0.29) is 17.7 Å². The number of nitrogens with one attached hydrogen (secondary N) is 1. The number of phosphoric ester groups is 1. The molecule has 1 amide bonds. The van der Waals surface area contributed by atoms with E-state index in [0.29, 0.717) is 12.1 Å². The van der Waals surface area contributed by atoms with Crippen molar-refractivity contribution in [2.24, 2.45) is 0 Å². The van der Waals surface area contributed by atoms with Crippen molar-refractivity contribution in [1.82, 2.24) is 0 Å². The van der Waals surface area contributed by atoms with Gasteiger partial charge in [-0.2, -0.15) is 26.3 Å². The van der Waals surface area contributed by atoms with Gasteiger partial charge in [0.15, 0.2) is 0 Å². The SMILES string of the molecule is C[Si](C)(C)CCOP(=O)(O)O.O=C(Nc1cc(C(F)(F)F)cc(C(F)(F)F)c1)c1cc(Cl)ccc1O. The molecule has 0 aliphatic heterocycles. The van der Waals surface area contributed by atoms with E-state index in [1.165, 1.54) is 6.07 Å². The summed E-state index contributed by atoms with van der Waals surface area (Å²) in [4.78, 5) is 28.7. The van der Waals surface area contributed by atoms with Crippen molar-refractivity contribution in [1.29, 1.82) is 0 Å². The molecule has 0 atom stereocenters. The van der Waals surface area contributed by atoms with E-state index in [4.69, 9.17) is 21.4 Å². The van der Waals surface area contributed by atoms with Crippen LogP contribution in [0.25, 0.3) is 0 Å². The van der Waals surface area contributed by atoms with Gasteiger partial charge in [0, 0.05) is 18.8 Å². The number of halogens is 7. The number of carbonyl (C=O) groups is 1. The first-order valence-corrected chi connectivity index (χ1v) is 15.5. The molecule has 0 saturated heterocycles. The molecule has 0 spiro atoms. The van der Waals surface area contributed by atoms with Crippen LogP contribution in [0, 0.1) is 0 Å². The second-order valence-corrected chi connectivity index (χ2v) is 15.8. The van der Waals surface area contributed by atoms with Gasteiger partial charge in [-0.25, -0.2) is 4.57 Å². The van der Waals surface area contributed by atoms with E-state index >= 15 is 0 Å². The molecule has 4 N–H and O–H groups in total. The monoisotopic (exact) mass is 581 g/mol. The predicted octanol–water partition coefficient (Wildman–Crippen LogP) is 6.77. The van der Waals surface area contributed by atoms with Crippen LogP contribution in [0.1, 0.15) is 21.5 Å². The largest absolute Gasteiger partial charge is 0.507 e. The lowest BCUT2D eigenvalue weighted by molar-refractivity contribution is -0.143. The topological polar surface area (TPSA) is 116 Å². The normalized spacial score (nSPS) is 12.6. The minimum atomic E-state index is -5.04. The fourth-order valence-corrected chi connectivity index (χ4v) is 3.77. The minimum Gasteiger partial charge on any atom is -0.507 e. The molecule has 2 aromatic carbocycles. The van der Waals surface area contributed by atoms with Crippen molar-refractivity contribution < 1.29 is 55.1 Å². The Bertz CT molecular complexity index is 1090. The number of benzene rings is 2. The number of aromatic hydroxyl groups is 1. The number of hydrogen-bond donors (Lipinski definition) is 4. The molecule has 0 saturated carbocycles. The second kappa shape index (κ2) is 12.0. The first kappa shape index (κ1) is 31.9. The molecule has 2 aromatic rings. The number of amides is 1. The highest BCUT2D eigenvalue weighted by Gasteiger charge is 2.37. The lowest BCUT2D eigenvalue weighted by atomic mass is 10.1. The Morgan fingerprint density at radius 1 is 1.00 bits per heavy atom. The highest BCUT2D eigenvalue weighted by Crippen LogP contribution is 2.38. The summed E-state index contributed by atoms with van der Waals surface area (Å²) in [7, 11) is -5.45. The number of rotatable bonds is 6. The Morgan fingerprint density at radius 2 is 1.50 bits per heavy atom. The van der Waals surface area contributed by atoms with Crippen LogP contribution in [0.3, 0.4) is 0 Å². The van der Waals surface area contributed by atoms with Crippen molar-refractivity contribution in [3.05, 3.63) is 58.1 Å². The third kappa shape index (κ3) is 11.8. The summed E-state index contributed by atoms with van der Waals surface area (Å²) in [5, 5.41) is 11.5. The van der Waals surface area contributed by atoms with Gasteiger partial charge in [0.2, 0.25) is 0 Å². The highest BCUT2D eigenvalue weighted by molar-refractivity contribution is 7.46. The van der Waals surface area contributed by atoms with Gasteiger partial charge < -0.3 is 20.2 Å². The molecule has 0 heterocycles. The maximum atomic E-state index is 12.8. The number of phosphoric acid groups is 1. The number of alkyl halides is 6. The molecular formula is C20H23ClF6NO6PSi. The molecule has 202 valence electrons. The molecule has 0 unspecified atom stereocenters. The van der Waals surface area contributed by atoms with Crippen molar-refractivity contribution in [2.45, 2.75) is 38.0 Å². The average Bonchev–Trinajstić information content (AvgIpc) is 2.66. The molecule has 7 nitrogen and oxygen atoms in total. The first-order valence-electron chi connectivity index (χ1n) is 9.88. The highest BCUT2D eigenvalue weighted by atomic mass is 35.5. The molecule has 0 bridgehead atoms. The van der Waals surface area contributed by atoms with Gasteiger partial charge >= 0.3 is 20.2 Å². The summed E-state index contributed by atoms with van der Waals surface area (Å²) in [6, 6.07) is 4.75. The van der Waals surface area contributed by atoms with E-state index in [1.807, 2.05) is 5.32 Å². The van der Waals surface area contributed by atoms with E-state index < -0.39 is 62.3 Å². The fraction of sp³-hybridized carbons (Fsp3) is 0.350. The molecule has 0 aliphatic rings. The van der Waals surface area contributed by atoms with Gasteiger partial charge in [0.25, 0.3) is 5.91 Å². The Hall–Kier alpha value is -2.09. The van der Waals surface area contributed by atoms with Crippen molar-refractivity contribution in [3.8, 4) is 5.75 Å². The molecule has 0 aromatic heterocycles. The van der Waals surface area contributed by atoms with E-state index in [2.05, 4.69) is 24.2 Å². The maximum absolute atomic E-state index is 12.8. The van der Waals surface area contributed by atoms with Crippen molar-refractivity contribution in [3.63, 3.8) is 0 Å². The van der Waals surface area contributed by atoms with Gasteiger partial charge in [-0.3, -0.25) is 9.32 Å².